The van der Waals surface area contributed by atoms with Gasteiger partial charge in [0.2, 0.25) is 0 Å². The molecule has 1 aromatic carbocycles. The van der Waals surface area contributed by atoms with Crippen LogP contribution in [-0.4, -0.2) is 19.9 Å². The number of fused-ring (bicyclic) bond motifs is 2. The molecule has 0 radical (unpaired) electrons. The summed E-state index contributed by atoms with van der Waals surface area (Å²) in [7, 11) is 0. The molecule has 0 saturated heterocycles. The summed E-state index contributed by atoms with van der Waals surface area (Å²) in [5.74, 6) is -0.390. The van der Waals surface area contributed by atoms with E-state index in [1.807, 2.05) is 24.3 Å². The summed E-state index contributed by atoms with van der Waals surface area (Å²) in [6, 6.07) is 12.0. The number of benzene rings is 1. The van der Waals surface area contributed by atoms with Crippen LogP contribution in [0.25, 0.3) is 44.2 Å². The molecule has 4 heterocycles. The predicted octanol–water partition coefficient (Wildman–Crippen LogP) is 5.70. The highest BCUT2D eigenvalue weighted by Gasteiger charge is 2.15. The van der Waals surface area contributed by atoms with Crippen molar-refractivity contribution in [1.29, 1.82) is 0 Å². The summed E-state index contributed by atoms with van der Waals surface area (Å²) in [5, 5.41) is 3.22. The van der Waals surface area contributed by atoms with Crippen LogP contribution in [-0.2, 0) is 0 Å². The van der Waals surface area contributed by atoms with E-state index in [1.165, 1.54) is 12.1 Å². The molecular formula is C22H12ClFN4. The van der Waals surface area contributed by atoms with Gasteiger partial charge >= 0.3 is 0 Å². The summed E-state index contributed by atoms with van der Waals surface area (Å²) < 4.78 is 14.5. The third-order valence-electron chi connectivity index (χ3n) is 4.64. The van der Waals surface area contributed by atoms with E-state index in [9.17, 15) is 4.39 Å². The molecule has 0 aliphatic rings. The molecule has 0 fully saturated rings. The van der Waals surface area contributed by atoms with Crippen molar-refractivity contribution in [2.24, 2.45) is 0 Å². The highest BCUT2D eigenvalue weighted by molar-refractivity contribution is 6.30. The maximum Gasteiger partial charge on any atom is 0.160 e. The Balaban J connectivity index is 1.87. The number of nitrogens with zero attached hydrogens (tertiary/aromatic N) is 4. The molecule has 4 nitrogen and oxygen atoms in total. The van der Waals surface area contributed by atoms with Crippen LogP contribution in [0.15, 0.2) is 73.4 Å². The highest BCUT2D eigenvalue weighted by atomic mass is 35.5. The van der Waals surface area contributed by atoms with Gasteiger partial charge in [0.1, 0.15) is 5.82 Å². The molecule has 5 aromatic rings. The van der Waals surface area contributed by atoms with E-state index in [0.717, 1.165) is 27.3 Å². The predicted molar refractivity (Wildman–Crippen MR) is 108 cm³/mol. The SMILES string of the molecule is Fc1ccc(Cl)cc1-c1cc(-c2cncc3cnccc23)c2cccnc2n1. The first-order chi connectivity index (χ1) is 13.7. The summed E-state index contributed by atoms with van der Waals surface area (Å²) in [5.41, 5.74) is 3.10. The lowest BCUT2D eigenvalue weighted by atomic mass is 9.97. The second-order valence-electron chi connectivity index (χ2n) is 6.34. The molecular weight excluding hydrogens is 375 g/mol. The summed E-state index contributed by atoms with van der Waals surface area (Å²) in [4.78, 5) is 17.5. The van der Waals surface area contributed by atoms with E-state index in [1.54, 1.807) is 37.1 Å². The Morgan fingerprint density at radius 1 is 0.786 bits per heavy atom. The Kier molecular flexibility index (Phi) is 3.95. The smallest absolute Gasteiger partial charge is 0.160 e. The average molecular weight is 387 g/mol. The second-order valence-corrected chi connectivity index (χ2v) is 6.77. The van der Waals surface area contributed by atoms with Crippen LogP contribution >= 0.6 is 11.6 Å². The molecule has 0 amide bonds. The monoisotopic (exact) mass is 386 g/mol. The summed E-state index contributed by atoms with van der Waals surface area (Å²) in [6.45, 7) is 0. The highest BCUT2D eigenvalue weighted by Crippen LogP contribution is 2.35. The maximum atomic E-state index is 14.5. The van der Waals surface area contributed by atoms with Gasteiger partial charge in [0.05, 0.1) is 5.69 Å². The first-order valence-electron chi connectivity index (χ1n) is 8.60. The Labute approximate surface area is 164 Å². The van der Waals surface area contributed by atoms with Crippen molar-refractivity contribution in [3.8, 4) is 22.4 Å². The summed E-state index contributed by atoms with van der Waals surface area (Å²) in [6.07, 6.45) is 8.74. The van der Waals surface area contributed by atoms with Crippen molar-refractivity contribution < 1.29 is 4.39 Å². The van der Waals surface area contributed by atoms with Gasteiger partial charge in [-0.25, -0.2) is 14.4 Å². The van der Waals surface area contributed by atoms with E-state index in [-0.39, 0.29) is 0 Å². The second kappa shape index (κ2) is 6.62. The molecule has 0 spiro atoms. The minimum atomic E-state index is -0.390. The molecule has 0 atom stereocenters. The van der Waals surface area contributed by atoms with Crippen LogP contribution in [0.5, 0.6) is 0 Å². The van der Waals surface area contributed by atoms with Gasteiger partial charge in [-0.3, -0.25) is 9.97 Å². The van der Waals surface area contributed by atoms with Crippen LogP contribution in [0.1, 0.15) is 0 Å². The van der Waals surface area contributed by atoms with E-state index in [0.29, 0.717) is 21.9 Å². The van der Waals surface area contributed by atoms with Gasteiger partial charge in [-0.15, -0.1) is 0 Å². The molecule has 0 bridgehead atoms. The number of hydrogen-bond acceptors (Lipinski definition) is 4. The van der Waals surface area contributed by atoms with Crippen molar-refractivity contribution in [3.63, 3.8) is 0 Å². The van der Waals surface area contributed by atoms with Gasteiger partial charge in [0, 0.05) is 57.9 Å². The van der Waals surface area contributed by atoms with Gasteiger partial charge in [-0.05, 0) is 53.4 Å². The van der Waals surface area contributed by atoms with E-state index in [2.05, 4.69) is 19.9 Å². The summed E-state index contributed by atoms with van der Waals surface area (Å²) >= 11 is 6.09. The van der Waals surface area contributed by atoms with E-state index < -0.39 is 5.82 Å². The number of aromatic nitrogens is 4. The maximum absolute atomic E-state index is 14.5. The quantitative estimate of drug-likeness (QED) is 0.390. The molecule has 5 rings (SSSR count). The van der Waals surface area contributed by atoms with Gasteiger partial charge in [0.25, 0.3) is 0 Å². The Bertz CT molecular complexity index is 1350. The molecule has 6 heteroatoms. The zero-order valence-corrected chi connectivity index (χ0v) is 15.2. The van der Waals surface area contributed by atoms with Gasteiger partial charge < -0.3 is 0 Å². The fourth-order valence-corrected chi connectivity index (χ4v) is 3.51. The lowest BCUT2D eigenvalue weighted by Crippen LogP contribution is -1.94. The molecule has 0 saturated carbocycles. The normalized spacial score (nSPS) is 11.2. The fraction of sp³-hybridized carbons (Fsp3) is 0. The van der Waals surface area contributed by atoms with E-state index >= 15 is 0 Å². The number of rotatable bonds is 2. The van der Waals surface area contributed by atoms with Gasteiger partial charge in [-0.2, -0.15) is 0 Å². The third-order valence-corrected chi connectivity index (χ3v) is 4.87. The standard InChI is InChI=1S/C22H12ClFN4/c23-14-3-4-20(24)18(8-14)21-9-17(16-2-1-6-27-22(16)28-21)19-12-26-11-13-10-25-7-5-15(13)19/h1-12H. The fourth-order valence-electron chi connectivity index (χ4n) is 3.34. The number of halogens is 2. The minimum absolute atomic E-state index is 0.330. The van der Waals surface area contributed by atoms with Crippen LogP contribution in [0, 0.1) is 5.82 Å². The molecule has 28 heavy (non-hydrogen) atoms. The van der Waals surface area contributed by atoms with E-state index in [4.69, 9.17) is 11.6 Å². The Morgan fingerprint density at radius 2 is 1.68 bits per heavy atom. The largest absolute Gasteiger partial charge is 0.264 e. The minimum Gasteiger partial charge on any atom is -0.264 e. The molecule has 134 valence electrons. The molecule has 0 aliphatic heterocycles. The van der Waals surface area contributed by atoms with Crippen molar-refractivity contribution in [1.82, 2.24) is 19.9 Å². The van der Waals surface area contributed by atoms with Crippen LogP contribution in [0.3, 0.4) is 0 Å². The average Bonchev–Trinajstić information content (AvgIpc) is 2.74. The third kappa shape index (κ3) is 2.77. The van der Waals surface area contributed by atoms with Crippen molar-refractivity contribution in [2.45, 2.75) is 0 Å². The van der Waals surface area contributed by atoms with Crippen LogP contribution in [0.2, 0.25) is 5.02 Å². The van der Waals surface area contributed by atoms with Crippen LogP contribution in [0.4, 0.5) is 4.39 Å². The molecule has 0 unspecified atom stereocenters. The first kappa shape index (κ1) is 16.7. The van der Waals surface area contributed by atoms with Crippen molar-refractivity contribution in [2.75, 3.05) is 0 Å². The number of hydrogen-bond donors (Lipinski definition) is 0. The molecule has 4 aromatic heterocycles. The van der Waals surface area contributed by atoms with Crippen molar-refractivity contribution >= 4 is 33.4 Å². The molecule has 0 aliphatic carbocycles. The Morgan fingerprint density at radius 3 is 2.61 bits per heavy atom. The molecule has 0 N–H and O–H groups in total. The first-order valence-corrected chi connectivity index (χ1v) is 8.98. The van der Waals surface area contributed by atoms with Gasteiger partial charge in [-0.1, -0.05) is 11.6 Å². The lowest BCUT2D eigenvalue weighted by Gasteiger charge is -2.12. The van der Waals surface area contributed by atoms with Crippen LogP contribution < -0.4 is 0 Å². The van der Waals surface area contributed by atoms with Crippen molar-refractivity contribution in [3.05, 3.63) is 84.3 Å². The lowest BCUT2D eigenvalue weighted by molar-refractivity contribution is 0.631. The topological polar surface area (TPSA) is 51.6 Å². The zero-order chi connectivity index (χ0) is 19.1. The Hall–Kier alpha value is -3.44. The van der Waals surface area contributed by atoms with Gasteiger partial charge in [0.15, 0.2) is 5.65 Å². The number of pyridine rings is 4. The zero-order valence-electron chi connectivity index (χ0n) is 14.5.